The summed E-state index contributed by atoms with van der Waals surface area (Å²) in [6, 6.07) is 14.9. The predicted octanol–water partition coefficient (Wildman–Crippen LogP) is 4.91. The molecule has 5 N–H and O–H groups in total. The standard InChI is InChI=1S/C31H37N9O3S/c1-31(2,3)24-18-44-30(36-24)37-29(41)35-21-6-8-22(9-7-21)40-28-25(27(32)33-19-34-28)26(38-40)20-4-10-23(11-5-20)43-17-14-39-12-15-42-16-13-39/h4-11,18-19,26,38H,12-17H2,1-3H3,(H2,32,33,34)(H2,35,36,37,41). The average molecular weight is 616 g/mol. The highest BCUT2D eigenvalue weighted by Crippen LogP contribution is 2.41. The molecule has 13 heteroatoms. The minimum absolute atomic E-state index is 0.0827. The number of nitrogens with zero attached hydrogens (tertiary/aromatic N) is 5. The summed E-state index contributed by atoms with van der Waals surface area (Å²) in [6.07, 6.45) is 1.46. The van der Waals surface area contributed by atoms with E-state index in [-0.39, 0.29) is 17.5 Å². The van der Waals surface area contributed by atoms with Gasteiger partial charge in [-0.05, 0) is 42.0 Å². The quantitative estimate of drug-likeness (QED) is 0.216. The Morgan fingerprint density at radius 1 is 1.09 bits per heavy atom. The lowest BCUT2D eigenvalue weighted by molar-refractivity contribution is 0.0322. The Morgan fingerprint density at radius 3 is 2.55 bits per heavy atom. The van der Waals surface area contributed by atoms with E-state index in [4.69, 9.17) is 15.2 Å². The van der Waals surface area contributed by atoms with E-state index in [0.717, 1.165) is 61.1 Å². The fourth-order valence-electron chi connectivity index (χ4n) is 5.05. The number of nitrogen functional groups attached to an aromatic ring is 1. The van der Waals surface area contributed by atoms with Crippen molar-refractivity contribution in [3.8, 4) is 5.75 Å². The molecule has 2 aromatic heterocycles. The zero-order valence-corrected chi connectivity index (χ0v) is 25.9. The number of fused-ring (bicyclic) bond motifs is 1. The number of hydrogen-bond acceptors (Lipinski definition) is 11. The molecule has 1 atom stereocenters. The third kappa shape index (κ3) is 6.76. The number of aromatic nitrogens is 3. The van der Waals surface area contributed by atoms with Crippen LogP contribution in [0.25, 0.3) is 0 Å². The molecule has 1 saturated heterocycles. The molecule has 230 valence electrons. The Bertz CT molecular complexity index is 1580. The number of hydrazine groups is 1. The maximum atomic E-state index is 12.6. The number of hydrogen-bond donors (Lipinski definition) is 4. The predicted molar refractivity (Wildman–Crippen MR) is 173 cm³/mol. The molecule has 12 nitrogen and oxygen atoms in total. The maximum Gasteiger partial charge on any atom is 0.325 e. The number of urea groups is 1. The fraction of sp³-hybridized carbons (Fsp3) is 0.355. The van der Waals surface area contributed by atoms with Crippen LogP contribution in [0.5, 0.6) is 5.75 Å². The van der Waals surface area contributed by atoms with Crippen molar-refractivity contribution in [1.29, 1.82) is 0 Å². The van der Waals surface area contributed by atoms with E-state index in [0.29, 0.717) is 29.1 Å². The molecule has 2 aliphatic heterocycles. The molecule has 0 saturated carbocycles. The Balaban J connectivity index is 1.10. The number of anilines is 5. The zero-order valence-electron chi connectivity index (χ0n) is 25.0. The Hall–Kier alpha value is -4.30. The number of amides is 2. The van der Waals surface area contributed by atoms with E-state index in [2.05, 4.69) is 56.7 Å². The zero-order chi connectivity index (χ0) is 30.7. The van der Waals surface area contributed by atoms with Crippen LogP contribution in [0.1, 0.15) is 43.6 Å². The van der Waals surface area contributed by atoms with Crippen LogP contribution in [0.3, 0.4) is 0 Å². The second-order valence-corrected chi connectivity index (χ2v) is 12.5. The number of ether oxygens (including phenoxy) is 2. The van der Waals surface area contributed by atoms with Crippen molar-refractivity contribution >= 4 is 45.5 Å². The SMILES string of the molecule is CC(C)(C)c1csc(NC(=O)Nc2ccc(N3NC(c4ccc(OCCN5CCOCC5)cc4)c4c(N)ncnc43)cc2)n1. The highest BCUT2D eigenvalue weighted by molar-refractivity contribution is 7.14. The molecule has 2 aromatic carbocycles. The van der Waals surface area contributed by atoms with E-state index in [1.807, 2.05) is 58.9 Å². The Morgan fingerprint density at radius 2 is 1.84 bits per heavy atom. The van der Waals surface area contributed by atoms with Gasteiger partial charge in [0.15, 0.2) is 10.9 Å². The van der Waals surface area contributed by atoms with Crippen LogP contribution in [0.2, 0.25) is 0 Å². The summed E-state index contributed by atoms with van der Waals surface area (Å²) in [5.74, 6) is 1.89. The van der Waals surface area contributed by atoms with Gasteiger partial charge in [0.2, 0.25) is 0 Å². The number of nitrogens with one attached hydrogen (secondary N) is 3. The molecule has 2 aliphatic rings. The van der Waals surface area contributed by atoms with Gasteiger partial charge in [-0.25, -0.2) is 25.2 Å². The summed E-state index contributed by atoms with van der Waals surface area (Å²) >= 11 is 1.40. The largest absolute Gasteiger partial charge is 0.492 e. The number of thiazole rings is 1. The molecule has 44 heavy (non-hydrogen) atoms. The van der Waals surface area contributed by atoms with Crippen LogP contribution in [0.4, 0.5) is 32.9 Å². The van der Waals surface area contributed by atoms with Crippen LogP contribution in [-0.2, 0) is 10.2 Å². The number of benzene rings is 2. The van der Waals surface area contributed by atoms with Crippen LogP contribution in [-0.4, -0.2) is 65.3 Å². The van der Waals surface area contributed by atoms with Crippen LogP contribution in [0.15, 0.2) is 60.2 Å². The first-order valence-corrected chi connectivity index (χ1v) is 15.5. The fourth-order valence-corrected chi connectivity index (χ4v) is 5.98. The average Bonchev–Trinajstić information content (AvgIpc) is 3.65. The molecule has 1 unspecified atom stereocenters. The van der Waals surface area contributed by atoms with Crippen molar-refractivity contribution < 1.29 is 14.3 Å². The van der Waals surface area contributed by atoms with Crippen molar-refractivity contribution in [2.24, 2.45) is 0 Å². The van der Waals surface area contributed by atoms with Gasteiger partial charge in [-0.3, -0.25) is 15.2 Å². The van der Waals surface area contributed by atoms with Gasteiger partial charge in [0.1, 0.15) is 24.5 Å². The lowest BCUT2D eigenvalue weighted by Crippen LogP contribution is -2.38. The summed E-state index contributed by atoms with van der Waals surface area (Å²) < 4.78 is 11.4. The van der Waals surface area contributed by atoms with Gasteiger partial charge >= 0.3 is 6.03 Å². The molecule has 4 heterocycles. The normalized spacial score (nSPS) is 16.9. The van der Waals surface area contributed by atoms with Crippen LogP contribution < -0.4 is 31.5 Å². The van der Waals surface area contributed by atoms with Gasteiger partial charge in [-0.2, -0.15) is 0 Å². The number of carbonyl (C=O) groups excluding carboxylic acids is 1. The highest BCUT2D eigenvalue weighted by atomic mass is 32.1. The van der Waals surface area contributed by atoms with Crippen LogP contribution >= 0.6 is 11.3 Å². The maximum absolute atomic E-state index is 12.6. The van der Waals surface area contributed by atoms with Crippen LogP contribution in [0, 0.1) is 0 Å². The molecular formula is C31H37N9O3S. The van der Waals surface area contributed by atoms with E-state index in [1.165, 1.54) is 17.7 Å². The highest BCUT2D eigenvalue weighted by Gasteiger charge is 2.34. The van der Waals surface area contributed by atoms with Crippen molar-refractivity contribution in [3.63, 3.8) is 0 Å². The van der Waals surface area contributed by atoms with Gasteiger partial charge in [0.05, 0.1) is 36.2 Å². The molecule has 4 aromatic rings. The number of morpholine rings is 1. The summed E-state index contributed by atoms with van der Waals surface area (Å²) in [6.45, 7) is 11.2. The molecular weight excluding hydrogens is 578 g/mol. The number of carbonyl (C=O) groups is 1. The molecule has 0 aliphatic carbocycles. The molecule has 0 spiro atoms. The second kappa shape index (κ2) is 12.7. The van der Waals surface area contributed by atoms with E-state index < -0.39 is 0 Å². The monoisotopic (exact) mass is 615 g/mol. The first-order valence-electron chi connectivity index (χ1n) is 14.6. The summed E-state index contributed by atoms with van der Waals surface area (Å²) in [5.41, 5.74) is 14.0. The van der Waals surface area contributed by atoms with Crippen molar-refractivity contribution in [2.75, 3.05) is 60.8 Å². The van der Waals surface area contributed by atoms with E-state index in [9.17, 15) is 4.79 Å². The van der Waals surface area contributed by atoms with E-state index in [1.54, 1.807) is 0 Å². The lowest BCUT2D eigenvalue weighted by atomic mass is 9.93. The van der Waals surface area contributed by atoms with Gasteiger partial charge in [0.25, 0.3) is 0 Å². The molecule has 6 rings (SSSR count). The number of rotatable bonds is 8. The van der Waals surface area contributed by atoms with Gasteiger partial charge in [0, 0.05) is 36.1 Å². The Kier molecular flexibility index (Phi) is 8.62. The van der Waals surface area contributed by atoms with Crippen molar-refractivity contribution in [2.45, 2.75) is 32.2 Å². The third-order valence-corrected chi connectivity index (χ3v) is 8.28. The molecule has 0 bridgehead atoms. The minimum Gasteiger partial charge on any atom is -0.492 e. The topological polar surface area (TPSA) is 143 Å². The summed E-state index contributed by atoms with van der Waals surface area (Å²) in [5, 5.41) is 10.1. The molecule has 0 radical (unpaired) electrons. The lowest BCUT2D eigenvalue weighted by Gasteiger charge is -2.26. The van der Waals surface area contributed by atoms with Gasteiger partial charge < -0.3 is 20.5 Å². The number of nitrogens with two attached hydrogens (primary N) is 1. The first-order chi connectivity index (χ1) is 21.2. The second-order valence-electron chi connectivity index (χ2n) is 11.7. The van der Waals surface area contributed by atoms with Crippen molar-refractivity contribution in [3.05, 3.63) is 77.1 Å². The molecule has 1 fully saturated rings. The van der Waals surface area contributed by atoms with Gasteiger partial charge in [-0.15, -0.1) is 11.3 Å². The Labute approximate surface area is 260 Å². The van der Waals surface area contributed by atoms with E-state index >= 15 is 0 Å². The van der Waals surface area contributed by atoms with Crippen molar-refractivity contribution in [1.82, 2.24) is 25.3 Å². The minimum atomic E-state index is -0.355. The smallest absolute Gasteiger partial charge is 0.325 e. The molecule has 2 amide bonds. The summed E-state index contributed by atoms with van der Waals surface area (Å²) in [4.78, 5) is 28.3. The first kappa shape index (κ1) is 29.8. The van der Waals surface area contributed by atoms with Gasteiger partial charge in [-0.1, -0.05) is 32.9 Å². The third-order valence-electron chi connectivity index (χ3n) is 7.52. The summed E-state index contributed by atoms with van der Waals surface area (Å²) in [7, 11) is 0.